The van der Waals surface area contributed by atoms with Gasteiger partial charge in [-0.1, -0.05) is 48.3 Å². The number of hydrogen-bond donors (Lipinski definition) is 1. The molecule has 7 nitrogen and oxygen atoms in total. The Morgan fingerprint density at radius 1 is 1.03 bits per heavy atom. The van der Waals surface area contributed by atoms with Gasteiger partial charge in [-0.2, -0.15) is 0 Å². The van der Waals surface area contributed by atoms with Crippen molar-refractivity contribution in [3.05, 3.63) is 64.1 Å². The summed E-state index contributed by atoms with van der Waals surface area (Å²) < 4.78 is 26.0. The minimum atomic E-state index is -3.79. The predicted molar refractivity (Wildman–Crippen MR) is 133 cm³/mol. The topological polar surface area (TPSA) is 86.8 Å². The first-order valence-corrected chi connectivity index (χ1v) is 13.1. The lowest BCUT2D eigenvalue weighted by Gasteiger charge is -2.32. The molecule has 0 unspecified atom stereocenters. The zero-order chi connectivity index (χ0) is 24.8. The number of sulfonamides is 1. The Hall–Kier alpha value is -2.29. The summed E-state index contributed by atoms with van der Waals surface area (Å²) in [6.07, 6.45) is 1.75. The van der Waals surface area contributed by atoms with Crippen molar-refractivity contribution < 1.29 is 18.0 Å². The van der Waals surface area contributed by atoms with E-state index >= 15 is 0 Å². The number of benzene rings is 2. The molecule has 2 aromatic rings. The number of amides is 2. The van der Waals surface area contributed by atoms with Crippen molar-refractivity contribution >= 4 is 50.7 Å². The minimum absolute atomic E-state index is 0.0474. The van der Waals surface area contributed by atoms with Crippen LogP contribution in [0.5, 0.6) is 0 Å². The van der Waals surface area contributed by atoms with Crippen LogP contribution in [-0.4, -0.2) is 50.0 Å². The lowest BCUT2D eigenvalue weighted by molar-refractivity contribution is -0.139. The number of carbonyl (C=O) groups is 2. The molecule has 0 saturated heterocycles. The van der Waals surface area contributed by atoms with Gasteiger partial charge in [0.25, 0.3) is 0 Å². The van der Waals surface area contributed by atoms with E-state index in [0.29, 0.717) is 21.3 Å². The van der Waals surface area contributed by atoms with Crippen molar-refractivity contribution in [2.24, 2.45) is 0 Å². The third-order valence-corrected chi connectivity index (χ3v) is 7.02. The minimum Gasteiger partial charge on any atom is -0.352 e. The number of halogens is 2. The molecule has 0 bridgehead atoms. The van der Waals surface area contributed by atoms with Crippen molar-refractivity contribution in [3.8, 4) is 0 Å². The summed E-state index contributed by atoms with van der Waals surface area (Å²) in [7, 11) is -3.79. The van der Waals surface area contributed by atoms with Gasteiger partial charge in [0.05, 0.1) is 11.9 Å². The fourth-order valence-corrected chi connectivity index (χ4v) is 4.25. The Kier molecular flexibility index (Phi) is 9.57. The summed E-state index contributed by atoms with van der Waals surface area (Å²) in [4.78, 5) is 27.6. The van der Waals surface area contributed by atoms with Crippen LogP contribution in [0.3, 0.4) is 0 Å². The molecule has 0 fully saturated rings. The van der Waals surface area contributed by atoms with Crippen LogP contribution in [0.4, 0.5) is 5.69 Å². The molecule has 10 heteroatoms. The summed E-state index contributed by atoms with van der Waals surface area (Å²) in [5.41, 5.74) is 0.942. The van der Waals surface area contributed by atoms with Gasteiger partial charge in [-0.3, -0.25) is 13.9 Å². The number of hydrogen-bond acceptors (Lipinski definition) is 4. The number of carbonyl (C=O) groups excluding carboxylic acids is 2. The molecule has 33 heavy (non-hydrogen) atoms. The first-order chi connectivity index (χ1) is 15.4. The van der Waals surface area contributed by atoms with Crippen LogP contribution in [0.2, 0.25) is 10.0 Å². The lowest BCUT2D eigenvalue weighted by Crippen LogP contribution is -2.52. The van der Waals surface area contributed by atoms with E-state index < -0.39 is 28.5 Å². The zero-order valence-corrected chi connectivity index (χ0v) is 21.4. The maximum absolute atomic E-state index is 13.4. The molecule has 0 spiro atoms. The highest BCUT2D eigenvalue weighted by molar-refractivity contribution is 7.92. The van der Waals surface area contributed by atoms with Gasteiger partial charge >= 0.3 is 0 Å². The molecule has 0 aliphatic heterocycles. The highest BCUT2D eigenvalue weighted by atomic mass is 35.5. The Bertz CT molecular complexity index is 1080. The van der Waals surface area contributed by atoms with Gasteiger partial charge in [-0.25, -0.2) is 8.42 Å². The average molecular weight is 514 g/mol. The van der Waals surface area contributed by atoms with E-state index in [1.807, 2.05) is 13.8 Å². The van der Waals surface area contributed by atoms with E-state index in [1.165, 1.54) is 17.0 Å². The van der Waals surface area contributed by atoms with Crippen LogP contribution in [0, 0.1) is 0 Å². The van der Waals surface area contributed by atoms with Gasteiger partial charge in [-0.15, -0.1) is 0 Å². The number of nitrogens with zero attached hydrogens (tertiary/aromatic N) is 2. The Morgan fingerprint density at radius 2 is 1.64 bits per heavy atom. The molecule has 0 aliphatic carbocycles. The molecule has 0 heterocycles. The second kappa shape index (κ2) is 11.7. The molecule has 0 saturated carbocycles. The molecule has 1 N–H and O–H groups in total. The first kappa shape index (κ1) is 27.0. The number of rotatable bonds is 10. The van der Waals surface area contributed by atoms with Crippen LogP contribution < -0.4 is 9.62 Å². The number of nitrogens with one attached hydrogen (secondary N) is 1. The van der Waals surface area contributed by atoms with Crippen molar-refractivity contribution in [3.63, 3.8) is 0 Å². The van der Waals surface area contributed by atoms with Gasteiger partial charge in [0.1, 0.15) is 12.6 Å². The highest BCUT2D eigenvalue weighted by Crippen LogP contribution is 2.23. The van der Waals surface area contributed by atoms with Crippen molar-refractivity contribution in [2.45, 2.75) is 45.8 Å². The van der Waals surface area contributed by atoms with E-state index in [2.05, 4.69) is 5.32 Å². The zero-order valence-electron chi connectivity index (χ0n) is 19.1. The molecule has 0 aromatic heterocycles. The molecular weight excluding hydrogens is 485 g/mol. The predicted octanol–water partition coefficient (Wildman–Crippen LogP) is 4.09. The molecule has 0 aliphatic rings. The maximum atomic E-state index is 13.4. The second-order valence-electron chi connectivity index (χ2n) is 7.85. The Balaban J connectivity index is 2.39. The summed E-state index contributed by atoms with van der Waals surface area (Å²) >= 11 is 12.2. The standard InChI is InChI=1S/C23H29Cl2N3O4S/c1-5-16(2)26-23(30)17(3)27(14-18-8-6-7-9-21(18)25)22(29)15-28(33(4,31)32)20-12-10-19(24)11-13-20/h6-13,16-17H,5,14-15H2,1-4H3,(H,26,30)/t16-,17+/m0/s1. The molecule has 2 amide bonds. The van der Waals surface area contributed by atoms with E-state index in [0.717, 1.165) is 17.0 Å². The van der Waals surface area contributed by atoms with Gasteiger partial charge in [0.2, 0.25) is 21.8 Å². The van der Waals surface area contributed by atoms with Crippen LogP contribution >= 0.6 is 23.2 Å². The van der Waals surface area contributed by atoms with Crippen LogP contribution in [0.25, 0.3) is 0 Å². The van der Waals surface area contributed by atoms with Gasteiger partial charge in [-0.05, 0) is 56.2 Å². The van der Waals surface area contributed by atoms with Gasteiger partial charge in [0.15, 0.2) is 0 Å². The van der Waals surface area contributed by atoms with E-state index in [4.69, 9.17) is 23.2 Å². The van der Waals surface area contributed by atoms with E-state index in [9.17, 15) is 18.0 Å². The Morgan fingerprint density at radius 3 is 2.18 bits per heavy atom. The van der Waals surface area contributed by atoms with Gasteiger partial charge < -0.3 is 10.2 Å². The first-order valence-electron chi connectivity index (χ1n) is 10.5. The SMILES string of the molecule is CC[C@H](C)NC(=O)[C@@H](C)N(Cc1ccccc1Cl)C(=O)CN(c1ccc(Cl)cc1)S(C)(=O)=O. The normalized spacial score (nSPS) is 13.2. The molecule has 180 valence electrons. The fraction of sp³-hybridized carbons (Fsp3) is 0.391. The van der Waals surface area contributed by atoms with Crippen molar-refractivity contribution in [1.29, 1.82) is 0 Å². The molecule has 2 aromatic carbocycles. The fourth-order valence-electron chi connectivity index (χ4n) is 3.08. The molecule has 2 rings (SSSR count). The molecule has 2 atom stereocenters. The third-order valence-electron chi connectivity index (χ3n) is 5.26. The third kappa shape index (κ3) is 7.62. The maximum Gasteiger partial charge on any atom is 0.244 e. The quantitative estimate of drug-likeness (QED) is 0.518. The molecule has 0 radical (unpaired) electrons. The van der Waals surface area contributed by atoms with E-state index in [-0.39, 0.29) is 18.5 Å². The van der Waals surface area contributed by atoms with Crippen molar-refractivity contribution in [2.75, 3.05) is 17.1 Å². The summed E-state index contributed by atoms with van der Waals surface area (Å²) in [5, 5.41) is 3.76. The smallest absolute Gasteiger partial charge is 0.244 e. The van der Waals surface area contributed by atoms with E-state index in [1.54, 1.807) is 43.3 Å². The van der Waals surface area contributed by atoms with Crippen LogP contribution in [-0.2, 0) is 26.2 Å². The number of anilines is 1. The monoisotopic (exact) mass is 513 g/mol. The second-order valence-corrected chi connectivity index (χ2v) is 10.6. The van der Waals surface area contributed by atoms with Gasteiger partial charge in [0, 0.05) is 22.6 Å². The van der Waals surface area contributed by atoms with Crippen LogP contribution in [0.15, 0.2) is 48.5 Å². The largest absolute Gasteiger partial charge is 0.352 e. The lowest BCUT2D eigenvalue weighted by atomic mass is 10.1. The van der Waals surface area contributed by atoms with Crippen molar-refractivity contribution in [1.82, 2.24) is 10.2 Å². The summed E-state index contributed by atoms with van der Waals surface area (Å²) in [5.74, 6) is -0.871. The van der Waals surface area contributed by atoms with Crippen LogP contribution in [0.1, 0.15) is 32.8 Å². The summed E-state index contributed by atoms with van der Waals surface area (Å²) in [6.45, 7) is 4.99. The average Bonchev–Trinajstić information content (AvgIpc) is 2.76. The highest BCUT2D eigenvalue weighted by Gasteiger charge is 2.30. The molecular formula is C23H29Cl2N3O4S. The summed E-state index contributed by atoms with van der Waals surface area (Å²) in [6, 6.07) is 12.2. The Labute approximate surface area is 205 Å².